The molecule has 138 valence electrons. The Morgan fingerprint density at radius 3 is 2.65 bits per heavy atom. The van der Waals surface area contributed by atoms with Crippen LogP contribution < -0.4 is 15.0 Å². The zero-order valence-electron chi connectivity index (χ0n) is 15.1. The monoisotopic (exact) mass is 356 g/mol. The number of ether oxygens (including phenoxy) is 2. The molecule has 0 aliphatic carbocycles. The van der Waals surface area contributed by atoms with Crippen LogP contribution in [0.3, 0.4) is 0 Å². The molecule has 7 heteroatoms. The molecular weight excluding hydrogens is 332 g/mol. The van der Waals surface area contributed by atoms with Gasteiger partial charge in [-0.15, -0.1) is 0 Å². The minimum absolute atomic E-state index is 0.0715. The second-order valence-corrected chi connectivity index (χ2v) is 6.42. The van der Waals surface area contributed by atoms with Gasteiger partial charge in [-0.05, 0) is 23.6 Å². The first-order chi connectivity index (χ1) is 12.6. The lowest BCUT2D eigenvalue weighted by Gasteiger charge is -2.27. The van der Waals surface area contributed by atoms with Gasteiger partial charge < -0.3 is 19.7 Å². The molecule has 1 fully saturated rings. The van der Waals surface area contributed by atoms with Crippen molar-refractivity contribution in [3.8, 4) is 5.75 Å². The third kappa shape index (κ3) is 4.92. The number of amides is 1. The first-order valence-electron chi connectivity index (χ1n) is 8.79. The topological polar surface area (TPSA) is 76.6 Å². The SMILES string of the molecule is CC(C)c1ccc(OCC(=O)Nc2cc(N3CCOCC3)ncn2)cc1. The minimum Gasteiger partial charge on any atom is -0.484 e. The highest BCUT2D eigenvalue weighted by Crippen LogP contribution is 2.19. The second-order valence-electron chi connectivity index (χ2n) is 6.42. The van der Waals surface area contributed by atoms with Crippen LogP contribution in [0.1, 0.15) is 25.3 Å². The van der Waals surface area contributed by atoms with Crippen molar-refractivity contribution < 1.29 is 14.3 Å². The van der Waals surface area contributed by atoms with Crippen LogP contribution in [0.5, 0.6) is 5.75 Å². The number of carbonyl (C=O) groups excluding carboxylic acids is 1. The Bertz CT molecular complexity index is 728. The predicted molar refractivity (Wildman–Crippen MR) is 99.7 cm³/mol. The Morgan fingerprint density at radius 1 is 1.23 bits per heavy atom. The lowest BCUT2D eigenvalue weighted by atomic mass is 10.0. The Balaban J connectivity index is 1.53. The molecule has 7 nitrogen and oxygen atoms in total. The standard InChI is InChI=1S/C19H24N4O3/c1-14(2)15-3-5-16(6-4-15)26-12-19(24)22-17-11-18(21-13-20-17)23-7-9-25-10-8-23/h3-6,11,13-14H,7-10,12H2,1-2H3,(H,20,21,22,24). The van der Waals surface area contributed by atoms with E-state index in [2.05, 4.69) is 34.0 Å². The van der Waals surface area contributed by atoms with E-state index in [1.807, 2.05) is 24.3 Å². The highest BCUT2D eigenvalue weighted by atomic mass is 16.5. The van der Waals surface area contributed by atoms with E-state index in [9.17, 15) is 4.79 Å². The van der Waals surface area contributed by atoms with E-state index in [-0.39, 0.29) is 12.5 Å². The molecule has 1 aromatic heterocycles. The Labute approximate surface area is 153 Å². The Kier molecular flexibility index (Phi) is 6.01. The fraction of sp³-hybridized carbons (Fsp3) is 0.421. The van der Waals surface area contributed by atoms with Crippen molar-refractivity contribution in [2.45, 2.75) is 19.8 Å². The van der Waals surface area contributed by atoms with E-state index in [0.29, 0.717) is 30.7 Å². The molecule has 2 aromatic rings. The van der Waals surface area contributed by atoms with E-state index >= 15 is 0 Å². The summed E-state index contributed by atoms with van der Waals surface area (Å²) in [7, 11) is 0. The van der Waals surface area contributed by atoms with E-state index in [1.165, 1.54) is 11.9 Å². The molecule has 1 saturated heterocycles. The molecule has 1 aliphatic rings. The Hall–Kier alpha value is -2.67. The van der Waals surface area contributed by atoms with Crippen molar-refractivity contribution in [1.82, 2.24) is 9.97 Å². The summed E-state index contributed by atoms with van der Waals surface area (Å²) in [5.41, 5.74) is 1.23. The molecule has 3 rings (SSSR count). The minimum atomic E-state index is -0.260. The summed E-state index contributed by atoms with van der Waals surface area (Å²) in [5.74, 6) is 2.12. The summed E-state index contributed by atoms with van der Waals surface area (Å²) in [6, 6.07) is 9.54. The molecule has 1 aromatic carbocycles. The maximum absolute atomic E-state index is 12.1. The number of anilines is 2. The molecule has 2 heterocycles. The molecule has 1 aliphatic heterocycles. The fourth-order valence-corrected chi connectivity index (χ4v) is 2.66. The molecule has 0 atom stereocenters. The van der Waals surface area contributed by atoms with Gasteiger partial charge in [-0.2, -0.15) is 0 Å². The van der Waals surface area contributed by atoms with Crippen molar-refractivity contribution in [2.24, 2.45) is 0 Å². The lowest BCUT2D eigenvalue weighted by molar-refractivity contribution is -0.118. The number of aromatic nitrogens is 2. The quantitative estimate of drug-likeness (QED) is 0.857. The van der Waals surface area contributed by atoms with E-state index in [1.54, 1.807) is 6.07 Å². The van der Waals surface area contributed by atoms with Gasteiger partial charge in [-0.25, -0.2) is 9.97 Å². The van der Waals surface area contributed by atoms with Crippen LogP contribution in [0.25, 0.3) is 0 Å². The first-order valence-corrected chi connectivity index (χ1v) is 8.79. The van der Waals surface area contributed by atoms with Crippen LogP contribution >= 0.6 is 0 Å². The molecule has 0 radical (unpaired) electrons. The summed E-state index contributed by atoms with van der Waals surface area (Å²) in [4.78, 5) is 22.6. The van der Waals surface area contributed by atoms with Gasteiger partial charge in [0.2, 0.25) is 0 Å². The van der Waals surface area contributed by atoms with Gasteiger partial charge in [0.15, 0.2) is 6.61 Å². The highest BCUT2D eigenvalue weighted by molar-refractivity contribution is 5.91. The molecule has 0 bridgehead atoms. The predicted octanol–water partition coefficient (Wildman–Crippen LogP) is 2.45. The highest BCUT2D eigenvalue weighted by Gasteiger charge is 2.14. The third-order valence-corrected chi connectivity index (χ3v) is 4.17. The third-order valence-electron chi connectivity index (χ3n) is 4.17. The number of hydrogen-bond acceptors (Lipinski definition) is 6. The maximum atomic E-state index is 12.1. The molecule has 1 N–H and O–H groups in total. The summed E-state index contributed by atoms with van der Waals surface area (Å²) < 4.78 is 10.9. The molecular formula is C19H24N4O3. The van der Waals surface area contributed by atoms with Gasteiger partial charge in [0.25, 0.3) is 5.91 Å². The zero-order chi connectivity index (χ0) is 18.4. The van der Waals surface area contributed by atoms with Crippen molar-refractivity contribution in [2.75, 3.05) is 43.1 Å². The number of nitrogens with zero attached hydrogens (tertiary/aromatic N) is 3. The average Bonchev–Trinajstić information content (AvgIpc) is 2.67. The second kappa shape index (κ2) is 8.62. The van der Waals surface area contributed by atoms with E-state index < -0.39 is 0 Å². The van der Waals surface area contributed by atoms with Crippen LogP contribution in [0.15, 0.2) is 36.7 Å². The van der Waals surface area contributed by atoms with Gasteiger partial charge >= 0.3 is 0 Å². The molecule has 0 saturated carbocycles. The molecule has 0 unspecified atom stereocenters. The van der Waals surface area contributed by atoms with Crippen LogP contribution in [-0.2, 0) is 9.53 Å². The van der Waals surface area contributed by atoms with Crippen LogP contribution in [0, 0.1) is 0 Å². The molecule has 26 heavy (non-hydrogen) atoms. The lowest BCUT2D eigenvalue weighted by Crippen LogP contribution is -2.36. The zero-order valence-corrected chi connectivity index (χ0v) is 15.1. The summed E-state index contributed by atoms with van der Waals surface area (Å²) in [6.07, 6.45) is 1.45. The Morgan fingerprint density at radius 2 is 1.96 bits per heavy atom. The number of morpholine rings is 1. The summed E-state index contributed by atoms with van der Waals surface area (Å²) in [5, 5.41) is 2.75. The van der Waals surface area contributed by atoms with Crippen LogP contribution in [0.4, 0.5) is 11.6 Å². The van der Waals surface area contributed by atoms with Crippen molar-refractivity contribution in [3.63, 3.8) is 0 Å². The maximum Gasteiger partial charge on any atom is 0.263 e. The number of hydrogen-bond donors (Lipinski definition) is 1. The van der Waals surface area contributed by atoms with Gasteiger partial charge in [-0.3, -0.25) is 4.79 Å². The number of nitrogens with one attached hydrogen (secondary N) is 1. The van der Waals surface area contributed by atoms with Gasteiger partial charge in [0, 0.05) is 19.2 Å². The number of rotatable bonds is 6. The first kappa shape index (κ1) is 18.1. The van der Waals surface area contributed by atoms with Gasteiger partial charge in [0.05, 0.1) is 13.2 Å². The van der Waals surface area contributed by atoms with Crippen molar-refractivity contribution >= 4 is 17.5 Å². The fourth-order valence-electron chi connectivity index (χ4n) is 2.66. The van der Waals surface area contributed by atoms with Crippen molar-refractivity contribution in [3.05, 3.63) is 42.2 Å². The van der Waals surface area contributed by atoms with Crippen LogP contribution in [0.2, 0.25) is 0 Å². The summed E-state index contributed by atoms with van der Waals surface area (Å²) in [6.45, 7) is 7.11. The molecule has 0 spiro atoms. The average molecular weight is 356 g/mol. The number of carbonyl (C=O) groups is 1. The largest absolute Gasteiger partial charge is 0.484 e. The smallest absolute Gasteiger partial charge is 0.263 e. The van der Waals surface area contributed by atoms with Crippen LogP contribution in [-0.4, -0.2) is 48.8 Å². The number of benzene rings is 1. The van der Waals surface area contributed by atoms with E-state index in [4.69, 9.17) is 9.47 Å². The van der Waals surface area contributed by atoms with E-state index in [0.717, 1.165) is 18.9 Å². The molecule has 1 amide bonds. The normalized spacial score (nSPS) is 14.3. The summed E-state index contributed by atoms with van der Waals surface area (Å²) >= 11 is 0. The van der Waals surface area contributed by atoms with Gasteiger partial charge in [0.1, 0.15) is 23.7 Å². The van der Waals surface area contributed by atoms with Crippen molar-refractivity contribution in [1.29, 1.82) is 0 Å². The van der Waals surface area contributed by atoms with Gasteiger partial charge in [-0.1, -0.05) is 26.0 Å².